The third-order valence-electron chi connectivity index (χ3n) is 1.89. The summed E-state index contributed by atoms with van der Waals surface area (Å²) < 4.78 is 19.2. The SMILES string of the molecule is CC1CCCCC1.FCF. The second-order valence-electron chi connectivity index (χ2n) is 2.84. The second-order valence-corrected chi connectivity index (χ2v) is 2.84. The van der Waals surface area contributed by atoms with Crippen LogP contribution in [0.5, 0.6) is 0 Å². The zero-order valence-electron chi connectivity index (χ0n) is 6.58. The predicted octanol–water partition coefficient (Wildman–Crippen LogP) is 3.47. The summed E-state index contributed by atoms with van der Waals surface area (Å²) >= 11 is 0. The fourth-order valence-corrected chi connectivity index (χ4v) is 1.31. The minimum Gasteiger partial charge on any atom is -0.214 e. The molecular weight excluding hydrogens is 134 g/mol. The minimum atomic E-state index is -1.75. The lowest BCUT2D eigenvalue weighted by Crippen LogP contribution is -1.99. The third kappa shape index (κ3) is 5.99. The van der Waals surface area contributed by atoms with E-state index in [9.17, 15) is 8.78 Å². The normalized spacial score (nSPS) is 19.5. The summed E-state index contributed by atoms with van der Waals surface area (Å²) in [6, 6.07) is 0. The van der Waals surface area contributed by atoms with Gasteiger partial charge in [0.05, 0.1) is 0 Å². The number of hydrogen-bond acceptors (Lipinski definition) is 0. The molecule has 0 atom stereocenters. The van der Waals surface area contributed by atoms with Crippen molar-refractivity contribution in [1.29, 1.82) is 0 Å². The van der Waals surface area contributed by atoms with E-state index in [0.717, 1.165) is 5.92 Å². The first kappa shape index (κ1) is 9.86. The molecule has 0 bridgehead atoms. The molecule has 1 saturated carbocycles. The lowest BCUT2D eigenvalue weighted by molar-refractivity contribution is 0.295. The molecule has 0 aliphatic heterocycles. The molecule has 10 heavy (non-hydrogen) atoms. The summed E-state index contributed by atoms with van der Waals surface area (Å²) in [6.07, 6.45) is 7.44. The van der Waals surface area contributed by atoms with Gasteiger partial charge < -0.3 is 0 Å². The van der Waals surface area contributed by atoms with Gasteiger partial charge in [0.2, 0.25) is 6.93 Å². The molecule has 2 heteroatoms. The molecule has 0 N–H and O–H groups in total. The lowest BCUT2D eigenvalue weighted by atomic mass is 9.91. The van der Waals surface area contributed by atoms with Gasteiger partial charge in [0.15, 0.2) is 0 Å². The standard InChI is InChI=1S/C7H14.CH2F2/c1-7-5-3-2-4-6-7;2-1-3/h7H,2-6H2,1H3;1H2. The minimum absolute atomic E-state index is 1.04. The van der Waals surface area contributed by atoms with Crippen molar-refractivity contribution >= 4 is 0 Å². The van der Waals surface area contributed by atoms with E-state index in [1.165, 1.54) is 32.1 Å². The molecule has 0 nitrogen and oxygen atoms in total. The van der Waals surface area contributed by atoms with E-state index in [-0.39, 0.29) is 0 Å². The van der Waals surface area contributed by atoms with Gasteiger partial charge in [0.25, 0.3) is 0 Å². The Morgan fingerprint density at radius 3 is 1.70 bits per heavy atom. The van der Waals surface area contributed by atoms with E-state index in [2.05, 4.69) is 6.92 Å². The molecule has 0 spiro atoms. The van der Waals surface area contributed by atoms with E-state index in [4.69, 9.17) is 0 Å². The first-order valence-electron chi connectivity index (χ1n) is 3.93. The van der Waals surface area contributed by atoms with Gasteiger partial charge in [0.1, 0.15) is 0 Å². The van der Waals surface area contributed by atoms with Crippen LogP contribution in [-0.4, -0.2) is 6.93 Å². The van der Waals surface area contributed by atoms with Gasteiger partial charge in [-0.25, -0.2) is 8.78 Å². The van der Waals surface area contributed by atoms with E-state index in [1.807, 2.05) is 0 Å². The first-order chi connectivity index (χ1) is 4.81. The van der Waals surface area contributed by atoms with Crippen molar-refractivity contribution in [3.8, 4) is 0 Å². The Morgan fingerprint density at radius 1 is 1.10 bits per heavy atom. The van der Waals surface area contributed by atoms with Gasteiger partial charge in [-0.1, -0.05) is 39.0 Å². The van der Waals surface area contributed by atoms with Gasteiger partial charge in [-0.15, -0.1) is 0 Å². The van der Waals surface area contributed by atoms with E-state index in [0.29, 0.717) is 0 Å². The maximum atomic E-state index is 9.62. The lowest BCUT2D eigenvalue weighted by Gasteiger charge is -2.15. The summed E-state index contributed by atoms with van der Waals surface area (Å²) in [5.74, 6) is 1.04. The highest BCUT2D eigenvalue weighted by molar-refractivity contribution is 4.59. The number of alkyl halides is 2. The Hall–Kier alpha value is -0.140. The van der Waals surface area contributed by atoms with E-state index < -0.39 is 6.93 Å². The van der Waals surface area contributed by atoms with Crippen LogP contribution in [0.4, 0.5) is 8.78 Å². The molecule has 0 radical (unpaired) electrons. The topological polar surface area (TPSA) is 0 Å². The summed E-state index contributed by atoms with van der Waals surface area (Å²) in [4.78, 5) is 0. The smallest absolute Gasteiger partial charge is 0.214 e. The van der Waals surface area contributed by atoms with Crippen molar-refractivity contribution in [2.75, 3.05) is 6.93 Å². The summed E-state index contributed by atoms with van der Waals surface area (Å²) in [7, 11) is 0. The zero-order chi connectivity index (χ0) is 7.82. The quantitative estimate of drug-likeness (QED) is 0.496. The van der Waals surface area contributed by atoms with Crippen LogP contribution < -0.4 is 0 Å². The Balaban J connectivity index is 0.000000236. The van der Waals surface area contributed by atoms with Crippen LogP contribution in [0.15, 0.2) is 0 Å². The van der Waals surface area contributed by atoms with Crippen LogP contribution in [0.2, 0.25) is 0 Å². The fraction of sp³-hybridized carbons (Fsp3) is 1.00. The maximum Gasteiger partial charge on any atom is 0.229 e. The summed E-state index contributed by atoms with van der Waals surface area (Å²) in [5, 5.41) is 0. The Bertz CT molecular complexity index is 58.3. The predicted molar refractivity (Wildman–Crippen MR) is 39.3 cm³/mol. The van der Waals surface area contributed by atoms with Crippen LogP contribution in [0.3, 0.4) is 0 Å². The molecule has 62 valence electrons. The monoisotopic (exact) mass is 150 g/mol. The fourth-order valence-electron chi connectivity index (χ4n) is 1.31. The number of halogens is 2. The van der Waals surface area contributed by atoms with Crippen LogP contribution in [-0.2, 0) is 0 Å². The van der Waals surface area contributed by atoms with Crippen molar-refractivity contribution < 1.29 is 8.78 Å². The molecule has 0 aromatic heterocycles. The Morgan fingerprint density at radius 2 is 1.50 bits per heavy atom. The molecular formula is C8H16F2. The second kappa shape index (κ2) is 6.97. The van der Waals surface area contributed by atoms with Crippen molar-refractivity contribution in [3.63, 3.8) is 0 Å². The van der Waals surface area contributed by atoms with Crippen molar-refractivity contribution in [3.05, 3.63) is 0 Å². The number of rotatable bonds is 0. The van der Waals surface area contributed by atoms with Crippen molar-refractivity contribution in [2.24, 2.45) is 5.92 Å². The molecule has 0 heterocycles. The molecule has 0 saturated heterocycles. The molecule has 1 aliphatic rings. The average molecular weight is 150 g/mol. The van der Waals surface area contributed by atoms with Crippen molar-refractivity contribution in [1.82, 2.24) is 0 Å². The molecule has 1 fully saturated rings. The molecule has 0 unspecified atom stereocenters. The molecule has 1 rings (SSSR count). The van der Waals surface area contributed by atoms with E-state index >= 15 is 0 Å². The zero-order valence-corrected chi connectivity index (χ0v) is 6.58. The molecule has 0 amide bonds. The highest BCUT2D eigenvalue weighted by Crippen LogP contribution is 2.21. The number of hydrogen-bond donors (Lipinski definition) is 0. The highest BCUT2D eigenvalue weighted by Gasteiger charge is 2.05. The van der Waals surface area contributed by atoms with E-state index in [1.54, 1.807) is 0 Å². The highest BCUT2D eigenvalue weighted by atomic mass is 19.3. The maximum absolute atomic E-state index is 9.62. The summed E-state index contributed by atoms with van der Waals surface area (Å²) in [5.41, 5.74) is 0. The first-order valence-corrected chi connectivity index (χ1v) is 3.93. The van der Waals surface area contributed by atoms with Crippen LogP contribution in [0.1, 0.15) is 39.0 Å². The largest absolute Gasteiger partial charge is 0.229 e. The van der Waals surface area contributed by atoms with Crippen LogP contribution >= 0.6 is 0 Å². The molecule has 0 aromatic carbocycles. The Labute approximate surface area is 61.6 Å². The van der Waals surface area contributed by atoms with Gasteiger partial charge in [0, 0.05) is 0 Å². The van der Waals surface area contributed by atoms with Crippen LogP contribution in [0.25, 0.3) is 0 Å². The van der Waals surface area contributed by atoms with Gasteiger partial charge in [-0.05, 0) is 5.92 Å². The van der Waals surface area contributed by atoms with Gasteiger partial charge in [-0.2, -0.15) is 0 Å². The Kier molecular flexibility index (Phi) is 6.88. The van der Waals surface area contributed by atoms with Gasteiger partial charge >= 0.3 is 0 Å². The average Bonchev–Trinajstić information content (AvgIpc) is 1.91. The van der Waals surface area contributed by atoms with Crippen molar-refractivity contribution in [2.45, 2.75) is 39.0 Å². The third-order valence-corrected chi connectivity index (χ3v) is 1.89. The molecule has 0 aromatic rings. The van der Waals surface area contributed by atoms with Crippen LogP contribution in [0, 0.1) is 5.92 Å². The molecule has 1 aliphatic carbocycles. The van der Waals surface area contributed by atoms with Gasteiger partial charge in [-0.3, -0.25) is 0 Å². The summed E-state index contributed by atoms with van der Waals surface area (Å²) in [6.45, 7) is 0.610.